The van der Waals surface area contributed by atoms with Crippen LogP contribution in [0.15, 0.2) is 48.5 Å². The molecule has 0 aliphatic rings. The van der Waals surface area contributed by atoms with Gasteiger partial charge in [-0.1, -0.05) is 24.3 Å². The minimum atomic E-state index is -0.598. The zero-order valence-corrected chi connectivity index (χ0v) is 12.2. The Hall–Kier alpha value is -1.91. The molecular formula is C17H20FNO2. The molecule has 0 saturated heterocycles. The minimum absolute atomic E-state index is 0.0403. The summed E-state index contributed by atoms with van der Waals surface area (Å²) < 4.78 is 18.0. The number of aliphatic hydroxyl groups excluding tert-OH is 1. The van der Waals surface area contributed by atoms with E-state index in [-0.39, 0.29) is 11.9 Å². The number of ether oxygens (including phenoxy) is 1. The molecule has 0 radical (unpaired) electrons. The predicted molar refractivity (Wildman–Crippen MR) is 80.8 cm³/mol. The van der Waals surface area contributed by atoms with E-state index in [9.17, 15) is 9.50 Å². The Kier molecular flexibility index (Phi) is 5.31. The van der Waals surface area contributed by atoms with Crippen LogP contribution in [-0.2, 0) is 0 Å². The van der Waals surface area contributed by atoms with Crippen LogP contribution < -0.4 is 10.1 Å². The SMILES string of the molecule is COc1ccc(C(O)CN[C@@H](C)c2ccc(F)cc2)cc1. The second kappa shape index (κ2) is 7.20. The van der Waals surface area contributed by atoms with Gasteiger partial charge in [-0.25, -0.2) is 4.39 Å². The first kappa shape index (κ1) is 15.5. The van der Waals surface area contributed by atoms with Crippen molar-refractivity contribution in [2.45, 2.75) is 19.1 Å². The lowest BCUT2D eigenvalue weighted by Crippen LogP contribution is -2.24. The fraction of sp³-hybridized carbons (Fsp3) is 0.294. The Balaban J connectivity index is 1.90. The largest absolute Gasteiger partial charge is 0.497 e. The third-order valence-electron chi connectivity index (χ3n) is 3.49. The van der Waals surface area contributed by atoms with E-state index < -0.39 is 6.10 Å². The number of methoxy groups -OCH3 is 1. The van der Waals surface area contributed by atoms with E-state index >= 15 is 0 Å². The molecule has 2 rings (SSSR count). The molecular weight excluding hydrogens is 269 g/mol. The Labute approximate surface area is 124 Å². The van der Waals surface area contributed by atoms with Crippen molar-refractivity contribution >= 4 is 0 Å². The molecule has 2 aromatic rings. The summed E-state index contributed by atoms with van der Waals surface area (Å²) in [6, 6.07) is 13.7. The number of rotatable bonds is 6. The number of halogens is 1. The lowest BCUT2D eigenvalue weighted by Gasteiger charge is -2.18. The maximum Gasteiger partial charge on any atom is 0.123 e. The zero-order chi connectivity index (χ0) is 15.2. The molecule has 21 heavy (non-hydrogen) atoms. The summed E-state index contributed by atoms with van der Waals surface area (Å²) in [5.41, 5.74) is 1.81. The van der Waals surface area contributed by atoms with Gasteiger partial charge in [-0.15, -0.1) is 0 Å². The van der Waals surface area contributed by atoms with E-state index in [0.717, 1.165) is 16.9 Å². The van der Waals surface area contributed by atoms with Crippen molar-refractivity contribution in [1.29, 1.82) is 0 Å². The lowest BCUT2D eigenvalue weighted by molar-refractivity contribution is 0.170. The zero-order valence-electron chi connectivity index (χ0n) is 12.2. The molecule has 0 spiro atoms. The van der Waals surface area contributed by atoms with Crippen LogP contribution in [0.3, 0.4) is 0 Å². The molecule has 2 N–H and O–H groups in total. The Morgan fingerprint density at radius 1 is 1.05 bits per heavy atom. The van der Waals surface area contributed by atoms with Crippen molar-refractivity contribution in [2.75, 3.05) is 13.7 Å². The monoisotopic (exact) mass is 289 g/mol. The van der Waals surface area contributed by atoms with Crippen LogP contribution in [-0.4, -0.2) is 18.8 Å². The third-order valence-corrected chi connectivity index (χ3v) is 3.49. The first-order chi connectivity index (χ1) is 10.1. The van der Waals surface area contributed by atoms with Gasteiger partial charge < -0.3 is 15.2 Å². The molecule has 0 aliphatic heterocycles. The topological polar surface area (TPSA) is 41.5 Å². The molecule has 0 saturated carbocycles. The van der Waals surface area contributed by atoms with Gasteiger partial charge in [0.2, 0.25) is 0 Å². The number of aliphatic hydroxyl groups is 1. The van der Waals surface area contributed by atoms with Crippen molar-refractivity contribution in [1.82, 2.24) is 5.32 Å². The third kappa shape index (κ3) is 4.28. The Morgan fingerprint density at radius 3 is 2.19 bits per heavy atom. The van der Waals surface area contributed by atoms with Gasteiger partial charge in [0.05, 0.1) is 13.2 Å². The highest BCUT2D eigenvalue weighted by Gasteiger charge is 2.10. The van der Waals surface area contributed by atoms with Crippen molar-refractivity contribution in [3.05, 3.63) is 65.5 Å². The average Bonchev–Trinajstić information content (AvgIpc) is 2.53. The summed E-state index contributed by atoms with van der Waals surface area (Å²) in [5.74, 6) is 0.516. The van der Waals surface area contributed by atoms with E-state index in [2.05, 4.69) is 5.32 Å². The Bertz CT molecular complexity index is 554. The van der Waals surface area contributed by atoms with Gasteiger partial charge in [0.25, 0.3) is 0 Å². The average molecular weight is 289 g/mol. The quantitative estimate of drug-likeness (QED) is 0.858. The molecule has 0 heterocycles. The van der Waals surface area contributed by atoms with Crippen molar-refractivity contribution in [3.63, 3.8) is 0 Å². The van der Waals surface area contributed by atoms with Crippen LogP contribution in [0.5, 0.6) is 5.75 Å². The van der Waals surface area contributed by atoms with E-state index in [1.165, 1.54) is 12.1 Å². The van der Waals surface area contributed by atoms with Gasteiger partial charge in [0.15, 0.2) is 0 Å². The summed E-state index contributed by atoms with van der Waals surface area (Å²) >= 11 is 0. The van der Waals surface area contributed by atoms with Crippen LogP contribution in [0, 0.1) is 5.82 Å². The van der Waals surface area contributed by atoms with Crippen molar-refractivity contribution in [3.8, 4) is 5.75 Å². The number of benzene rings is 2. The van der Waals surface area contributed by atoms with Gasteiger partial charge >= 0.3 is 0 Å². The molecule has 0 aromatic heterocycles. The smallest absolute Gasteiger partial charge is 0.123 e. The number of nitrogens with one attached hydrogen (secondary N) is 1. The predicted octanol–water partition coefficient (Wildman–Crippen LogP) is 3.22. The molecule has 0 fully saturated rings. The first-order valence-electron chi connectivity index (χ1n) is 6.91. The summed E-state index contributed by atoms with van der Waals surface area (Å²) in [6.07, 6.45) is -0.598. The van der Waals surface area contributed by atoms with Crippen LogP contribution in [0.25, 0.3) is 0 Å². The second-order valence-corrected chi connectivity index (χ2v) is 4.97. The van der Waals surface area contributed by atoms with Crippen LogP contribution >= 0.6 is 0 Å². The van der Waals surface area contributed by atoms with Crippen LogP contribution in [0.2, 0.25) is 0 Å². The Morgan fingerprint density at radius 2 is 1.62 bits per heavy atom. The molecule has 4 heteroatoms. The van der Waals surface area contributed by atoms with E-state index in [0.29, 0.717) is 6.54 Å². The van der Waals surface area contributed by atoms with Gasteiger partial charge in [-0.05, 0) is 42.3 Å². The van der Waals surface area contributed by atoms with Gasteiger partial charge in [0, 0.05) is 12.6 Å². The van der Waals surface area contributed by atoms with Crippen LogP contribution in [0.4, 0.5) is 4.39 Å². The normalized spacial score (nSPS) is 13.7. The van der Waals surface area contributed by atoms with Crippen LogP contribution in [0.1, 0.15) is 30.2 Å². The molecule has 0 amide bonds. The highest BCUT2D eigenvalue weighted by molar-refractivity contribution is 5.28. The first-order valence-corrected chi connectivity index (χ1v) is 6.91. The summed E-state index contributed by atoms with van der Waals surface area (Å²) in [4.78, 5) is 0. The highest BCUT2D eigenvalue weighted by Crippen LogP contribution is 2.18. The summed E-state index contributed by atoms with van der Waals surface area (Å²) in [5, 5.41) is 13.4. The summed E-state index contributed by atoms with van der Waals surface area (Å²) in [6.45, 7) is 2.40. The van der Waals surface area contributed by atoms with Gasteiger partial charge in [-0.3, -0.25) is 0 Å². The number of hydrogen-bond acceptors (Lipinski definition) is 3. The van der Waals surface area contributed by atoms with Crippen molar-refractivity contribution < 1.29 is 14.2 Å². The maximum atomic E-state index is 12.9. The van der Waals surface area contributed by atoms with Gasteiger partial charge in [-0.2, -0.15) is 0 Å². The fourth-order valence-electron chi connectivity index (χ4n) is 2.10. The van der Waals surface area contributed by atoms with E-state index in [1.807, 2.05) is 31.2 Å². The van der Waals surface area contributed by atoms with E-state index in [1.54, 1.807) is 19.2 Å². The molecule has 0 bridgehead atoms. The fourth-order valence-corrected chi connectivity index (χ4v) is 2.10. The number of hydrogen-bond donors (Lipinski definition) is 2. The van der Waals surface area contributed by atoms with Gasteiger partial charge in [0.1, 0.15) is 11.6 Å². The summed E-state index contributed by atoms with van der Waals surface area (Å²) in [7, 11) is 1.61. The molecule has 2 aromatic carbocycles. The molecule has 0 aliphatic carbocycles. The molecule has 2 atom stereocenters. The van der Waals surface area contributed by atoms with Crippen molar-refractivity contribution in [2.24, 2.45) is 0 Å². The lowest BCUT2D eigenvalue weighted by atomic mass is 10.1. The minimum Gasteiger partial charge on any atom is -0.497 e. The van der Waals surface area contributed by atoms with E-state index in [4.69, 9.17) is 4.74 Å². The standard InChI is InChI=1S/C17H20FNO2/c1-12(13-3-7-15(18)8-4-13)19-11-17(20)14-5-9-16(21-2)10-6-14/h3-10,12,17,19-20H,11H2,1-2H3/t12-,17?/m0/s1. The molecule has 1 unspecified atom stereocenters. The highest BCUT2D eigenvalue weighted by atomic mass is 19.1. The molecule has 3 nitrogen and oxygen atoms in total. The maximum absolute atomic E-state index is 12.9. The molecule has 112 valence electrons. The second-order valence-electron chi connectivity index (χ2n) is 4.97.